The molecule has 3 heterocycles. The van der Waals surface area contributed by atoms with E-state index in [2.05, 4.69) is 20.1 Å². The van der Waals surface area contributed by atoms with Gasteiger partial charge in [-0.3, -0.25) is 9.78 Å². The lowest BCUT2D eigenvalue weighted by atomic mass is 9.93. The highest BCUT2D eigenvalue weighted by Gasteiger charge is 2.24. The number of aromatic nitrogens is 4. The van der Waals surface area contributed by atoms with Gasteiger partial charge in [0.05, 0.1) is 19.7 Å². The van der Waals surface area contributed by atoms with Crippen LogP contribution in [0.1, 0.15) is 24.3 Å². The van der Waals surface area contributed by atoms with Crippen molar-refractivity contribution in [3.63, 3.8) is 0 Å². The van der Waals surface area contributed by atoms with Gasteiger partial charge in [0.15, 0.2) is 0 Å². The minimum Gasteiger partial charge on any atom is -0.497 e. The summed E-state index contributed by atoms with van der Waals surface area (Å²) in [6, 6.07) is 7.64. The molecule has 0 atom stereocenters. The van der Waals surface area contributed by atoms with Crippen LogP contribution in [0.3, 0.4) is 0 Å². The summed E-state index contributed by atoms with van der Waals surface area (Å²) in [5.74, 6) is 2.45. The Morgan fingerprint density at radius 3 is 2.69 bits per heavy atom. The van der Waals surface area contributed by atoms with Crippen molar-refractivity contribution in [2.75, 3.05) is 20.2 Å². The lowest BCUT2D eigenvalue weighted by molar-refractivity contribution is -0.131. The van der Waals surface area contributed by atoms with Gasteiger partial charge in [-0.2, -0.15) is 4.98 Å². The number of hydrogen-bond donors (Lipinski definition) is 0. The highest BCUT2D eigenvalue weighted by Crippen LogP contribution is 2.23. The number of hydrogen-bond acceptors (Lipinski definition) is 7. The Balaban J connectivity index is 1.27. The van der Waals surface area contributed by atoms with Gasteiger partial charge in [-0.15, -0.1) is 0 Å². The summed E-state index contributed by atoms with van der Waals surface area (Å²) < 4.78 is 10.5. The number of nitrogens with zero attached hydrogens (tertiary/aromatic N) is 5. The fourth-order valence-electron chi connectivity index (χ4n) is 3.52. The Morgan fingerprint density at radius 2 is 2.00 bits per heavy atom. The molecule has 0 radical (unpaired) electrons. The minimum absolute atomic E-state index is 0.163. The average Bonchev–Trinajstić information content (AvgIpc) is 3.24. The zero-order valence-corrected chi connectivity index (χ0v) is 16.3. The lowest BCUT2D eigenvalue weighted by Crippen LogP contribution is -2.39. The van der Waals surface area contributed by atoms with Crippen molar-refractivity contribution in [3.05, 3.63) is 54.3 Å². The number of piperidine rings is 1. The second kappa shape index (κ2) is 8.81. The van der Waals surface area contributed by atoms with E-state index in [1.54, 1.807) is 25.7 Å². The molecule has 29 heavy (non-hydrogen) atoms. The summed E-state index contributed by atoms with van der Waals surface area (Å²) in [4.78, 5) is 27.2. The summed E-state index contributed by atoms with van der Waals surface area (Å²) in [5.41, 5.74) is 1.60. The van der Waals surface area contributed by atoms with Crippen LogP contribution in [0, 0.1) is 5.92 Å². The fraction of sp³-hybridized carbons (Fsp3) is 0.381. The van der Waals surface area contributed by atoms with Crippen molar-refractivity contribution >= 4 is 5.91 Å². The first-order valence-corrected chi connectivity index (χ1v) is 9.71. The van der Waals surface area contributed by atoms with Crippen LogP contribution in [0.4, 0.5) is 0 Å². The molecule has 0 bridgehead atoms. The SMILES string of the molecule is COc1ccc(CC(=O)N2CCC(Cc3nc(-c4cnccn4)no3)CC2)cc1. The fourth-order valence-corrected chi connectivity index (χ4v) is 3.52. The van der Waals surface area contributed by atoms with E-state index >= 15 is 0 Å². The van der Waals surface area contributed by atoms with Crippen LogP contribution in [-0.4, -0.2) is 51.1 Å². The molecule has 0 N–H and O–H groups in total. The minimum atomic E-state index is 0.163. The second-order valence-electron chi connectivity index (χ2n) is 7.16. The van der Waals surface area contributed by atoms with Crippen LogP contribution in [0.15, 0.2) is 47.4 Å². The van der Waals surface area contributed by atoms with E-state index < -0.39 is 0 Å². The Hall–Kier alpha value is -3.29. The number of likely N-dealkylation sites (tertiary alicyclic amines) is 1. The highest BCUT2D eigenvalue weighted by molar-refractivity contribution is 5.78. The van der Waals surface area contributed by atoms with Crippen LogP contribution in [0.2, 0.25) is 0 Å². The van der Waals surface area contributed by atoms with Crippen LogP contribution in [0.25, 0.3) is 11.5 Å². The van der Waals surface area contributed by atoms with Crippen molar-refractivity contribution in [3.8, 4) is 17.3 Å². The Morgan fingerprint density at radius 1 is 1.21 bits per heavy atom. The molecule has 1 saturated heterocycles. The monoisotopic (exact) mass is 393 g/mol. The number of benzene rings is 1. The Bertz CT molecular complexity index is 934. The summed E-state index contributed by atoms with van der Waals surface area (Å²) in [6.45, 7) is 1.51. The zero-order chi connectivity index (χ0) is 20.1. The maximum absolute atomic E-state index is 12.6. The number of carbonyl (C=O) groups is 1. The van der Waals surface area contributed by atoms with Gasteiger partial charge < -0.3 is 14.2 Å². The van der Waals surface area contributed by atoms with E-state index in [0.717, 1.165) is 37.2 Å². The van der Waals surface area contributed by atoms with Gasteiger partial charge in [0, 0.05) is 31.9 Å². The van der Waals surface area contributed by atoms with Crippen LogP contribution < -0.4 is 4.74 Å². The van der Waals surface area contributed by atoms with Gasteiger partial charge in [0.1, 0.15) is 11.4 Å². The molecule has 8 heteroatoms. The van der Waals surface area contributed by atoms with Crippen molar-refractivity contribution in [2.24, 2.45) is 5.92 Å². The molecular weight excluding hydrogens is 370 g/mol. The number of methoxy groups -OCH3 is 1. The molecule has 1 aromatic carbocycles. The van der Waals surface area contributed by atoms with Gasteiger partial charge >= 0.3 is 0 Å². The van der Waals surface area contributed by atoms with Gasteiger partial charge in [0.25, 0.3) is 0 Å². The predicted octanol–water partition coefficient (Wildman–Crippen LogP) is 2.56. The molecule has 0 spiro atoms. The second-order valence-corrected chi connectivity index (χ2v) is 7.16. The molecule has 0 aliphatic carbocycles. The van der Waals surface area contributed by atoms with E-state index in [-0.39, 0.29) is 5.91 Å². The third-order valence-electron chi connectivity index (χ3n) is 5.21. The average molecular weight is 393 g/mol. The molecular formula is C21H23N5O3. The van der Waals surface area contributed by atoms with Crippen LogP contribution in [-0.2, 0) is 17.6 Å². The van der Waals surface area contributed by atoms with Crippen LogP contribution in [0.5, 0.6) is 5.75 Å². The topological polar surface area (TPSA) is 94.2 Å². The first-order valence-electron chi connectivity index (χ1n) is 9.71. The van der Waals surface area contributed by atoms with Gasteiger partial charge in [0.2, 0.25) is 17.6 Å². The van der Waals surface area contributed by atoms with Gasteiger partial charge in [-0.1, -0.05) is 17.3 Å². The van der Waals surface area contributed by atoms with E-state index in [0.29, 0.717) is 36.2 Å². The normalized spacial score (nSPS) is 14.7. The summed E-state index contributed by atoms with van der Waals surface area (Å²) in [6.07, 6.45) is 7.81. The van der Waals surface area contributed by atoms with Gasteiger partial charge in [-0.25, -0.2) is 4.98 Å². The Kier molecular flexibility index (Phi) is 5.79. The molecule has 4 rings (SSSR count). The molecule has 8 nitrogen and oxygen atoms in total. The summed E-state index contributed by atoms with van der Waals surface area (Å²) in [7, 11) is 1.63. The van der Waals surface area contributed by atoms with E-state index in [9.17, 15) is 4.79 Å². The third kappa shape index (κ3) is 4.77. The van der Waals surface area contributed by atoms with Crippen LogP contribution >= 0.6 is 0 Å². The standard InChI is InChI=1S/C21H23N5O3/c1-28-17-4-2-15(3-5-17)13-20(27)26-10-6-16(7-11-26)12-19-24-21(25-29-19)18-14-22-8-9-23-18/h2-5,8-9,14,16H,6-7,10-13H2,1H3. The molecule has 0 saturated carbocycles. The van der Waals surface area contributed by atoms with E-state index in [1.807, 2.05) is 29.2 Å². The van der Waals surface area contributed by atoms with Gasteiger partial charge in [-0.05, 0) is 36.5 Å². The first kappa shape index (κ1) is 19.0. The highest BCUT2D eigenvalue weighted by atomic mass is 16.5. The smallest absolute Gasteiger partial charge is 0.227 e. The number of amides is 1. The zero-order valence-electron chi connectivity index (χ0n) is 16.3. The first-order chi connectivity index (χ1) is 14.2. The Labute approximate surface area is 168 Å². The predicted molar refractivity (Wildman–Crippen MR) is 105 cm³/mol. The molecule has 1 aliphatic rings. The molecule has 1 aliphatic heterocycles. The maximum atomic E-state index is 12.6. The summed E-state index contributed by atoms with van der Waals surface area (Å²) >= 11 is 0. The molecule has 1 amide bonds. The number of rotatable bonds is 6. The van der Waals surface area contributed by atoms with Crippen molar-refractivity contribution in [1.82, 2.24) is 25.0 Å². The molecule has 150 valence electrons. The number of carbonyl (C=O) groups excluding carboxylic acids is 1. The maximum Gasteiger partial charge on any atom is 0.227 e. The molecule has 0 unspecified atom stereocenters. The summed E-state index contributed by atoms with van der Waals surface area (Å²) in [5, 5.41) is 3.99. The lowest BCUT2D eigenvalue weighted by Gasteiger charge is -2.31. The quantitative estimate of drug-likeness (QED) is 0.635. The van der Waals surface area contributed by atoms with E-state index in [4.69, 9.17) is 9.26 Å². The molecule has 1 fully saturated rings. The molecule has 2 aromatic heterocycles. The van der Waals surface area contributed by atoms with E-state index in [1.165, 1.54) is 0 Å². The molecule has 3 aromatic rings. The largest absolute Gasteiger partial charge is 0.497 e. The number of ether oxygens (including phenoxy) is 1. The third-order valence-corrected chi connectivity index (χ3v) is 5.21. The van der Waals surface area contributed by atoms with Crippen molar-refractivity contribution < 1.29 is 14.1 Å². The van der Waals surface area contributed by atoms with Crippen molar-refractivity contribution in [2.45, 2.75) is 25.7 Å². The van der Waals surface area contributed by atoms with Crippen molar-refractivity contribution in [1.29, 1.82) is 0 Å².